The zero-order valence-corrected chi connectivity index (χ0v) is 10.9. The van der Waals surface area contributed by atoms with Crippen molar-refractivity contribution in [2.45, 2.75) is 17.2 Å². The molecule has 0 heterocycles. The van der Waals surface area contributed by atoms with Gasteiger partial charge in [0.2, 0.25) is 0 Å². The van der Waals surface area contributed by atoms with Crippen molar-refractivity contribution in [3.8, 4) is 0 Å². The van der Waals surface area contributed by atoms with Crippen molar-refractivity contribution in [1.82, 2.24) is 0 Å². The fraction of sp³-hybridized carbons (Fsp3) is 0.400. The third-order valence-corrected chi connectivity index (χ3v) is 5.78. The first-order valence-corrected chi connectivity index (χ1v) is 7.27. The molecule has 0 bridgehead atoms. The van der Waals surface area contributed by atoms with Crippen molar-refractivity contribution in [2.24, 2.45) is 0 Å². The van der Waals surface area contributed by atoms with Gasteiger partial charge in [-0.3, -0.25) is 0 Å². The molecule has 5 heteroatoms. The number of rotatable bonds is 3. The van der Waals surface area contributed by atoms with Crippen LogP contribution < -0.4 is 0 Å². The predicted molar refractivity (Wildman–Crippen MR) is 63.7 cm³/mol. The smallest absolute Gasteiger partial charge is 0.163 e. The molecule has 0 radical (unpaired) electrons. The first-order valence-electron chi connectivity index (χ1n) is 4.40. The van der Waals surface area contributed by atoms with E-state index in [2.05, 4.69) is 15.9 Å². The highest BCUT2D eigenvalue weighted by atomic mass is 79.9. The van der Waals surface area contributed by atoms with Gasteiger partial charge in [-0.1, -0.05) is 40.2 Å². The molecule has 1 aromatic rings. The van der Waals surface area contributed by atoms with Crippen LogP contribution in [-0.4, -0.2) is 23.9 Å². The second-order valence-electron chi connectivity index (χ2n) is 3.48. The summed E-state index contributed by atoms with van der Waals surface area (Å²) in [5.74, 6) is 0. The van der Waals surface area contributed by atoms with Gasteiger partial charge < -0.3 is 5.11 Å². The van der Waals surface area contributed by atoms with Crippen LogP contribution in [0.3, 0.4) is 0 Å². The van der Waals surface area contributed by atoms with Gasteiger partial charge in [0.15, 0.2) is 9.84 Å². The summed E-state index contributed by atoms with van der Waals surface area (Å²) in [6.07, 6.45) is 0.0506. The van der Waals surface area contributed by atoms with Crippen LogP contribution in [0.2, 0.25) is 0 Å². The van der Waals surface area contributed by atoms with Gasteiger partial charge in [0.25, 0.3) is 0 Å². The highest BCUT2D eigenvalue weighted by Gasteiger charge is 2.27. The number of hydrogen-bond donors (Lipinski definition) is 1. The van der Waals surface area contributed by atoms with E-state index >= 15 is 0 Å². The van der Waals surface area contributed by atoms with Gasteiger partial charge in [0.1, 0.15) is 10.3 Å². The Morgan fingerprint density at radius 1 is 1.33 bits per heavy atom. The first kappa shape index (κ1) is 12.7. The fourth-order valence-corrected chi connectivity index (χ4v) is 2.19. The van der Waals surface area contributed by atoms with E-state index in [-0.39, 0.29) is 0 Å². The largest absolute Gasteiger partial charge is 0.386 e. The molecule has 3 nitrogen and oxygen atoms in total. The summed E-state index contributed by atoms with van der Waals surface area (Å²) in [5.41, 5.74) is 1.50. The zero-order valence-electron chi connectivity index (χ0n) is 8.51. The maximum atomic E-state index is 11.3. The van der Waals surface area contributed by atoms with Gasteiger partial charge in [0.05, 0.1) is 0 Å². The number of alkyl halides is 1. The molecule has 2 atom stereocenters. The monoisotopic (exact) mass is 292 g/mol. The molecule has 0 unspecified atom stereocenters. The summed E-state index contributed by atoms with van der Waals surface area (Å²) >= 11 is 3.00. The molecule has 0 aliphatic carbocycles. The third kappa shape index (κ3) is 3.03. The van der Waals surface area contributed by atoms with E-state index in [1.54, 1.807) is 12.1 Å². The molecule has 0 saturated carbocycles. The summed E-state index contributed by atoms with van der Waals surface area (Å²) in [7, 11) is -3.30. The highest BCUT2D eigenvalue weighted by Crippen LogP contribution is 2.28. The van der Waals surface area contributed by atoms with Crippen molar-refractivity contribution in [2.75, 3.05) is 6.26 Å². The van der Waals surface area contributed by atoms with Gasteiger partial charge in [-0.25, -0.2) is 8.42 Å². The molecule has 15 heavy (non-hydrogen) atoms. The van der Waals surface area contributed by atoms with Crippen LogP contribution in [0.5, 0.6) is 0 Å². The molecular weight excluding hydrogens is 280 g/mol. The van der Waals surface area contributed by atoms with Crippen molar-refractivity contribution in [1.29, 1.82) is 0 Å². The quantitative estimate of drug-likeness (QED) is 0.865. The highest BCUT2D eigenvalue weighted by molar-refractivity contribution is 9.11. The summed E-state index contributed by atoms with van der Waals surface area (Å²) in [6, 6.07) is 7.17. The molecule has 0 spiro atoms. The Labute approximate surface area is 98.2 Å². The Morgan fingerprint density at radius 2 is 1.87 bits per heavy atom. The average molecular weight is 293 g/mol. The maximum absolute atomic E-state index is 11.3. The second-order valence-corrected chi connectivity index (χ2v) is 7.24. The van der Waals surface area contributed by atoms with Crippen LogP contribution in [0, 0.1) is 6.92 Å². The summed E-state index contributed by atoms with van der Waals surface area (Å²) in [5, 5.41) is 9.88. The normalized spacial score (nSPS) is 16.0. The van der Waals surface area contributed by atoms with Crippen molar-refractivity contribution in [3.63, 3.8) is 0 Å². The lowest BCUT2D eigenvalue weighted by Gasteiger charge is -2.17. The Balaban J connectivity index is 3.06. The van der Waals surface area contributed by atoms with Gasteiger partial charge in [-0.15, -0.1) is 0 Å². The van der Waals surface area contributed by atoms with Gasteiger partial charge in [0, 0.05) is 6.26 Å². The molecule has 0 amide bonds. The summed E-state index contributed by atoms with van der Waals surface area (Å²) < 4.78 is 21.5. The minimum atomic E-state index is -3.30. The summed E-state index contributed by atoms with van der Waals surface area (Å²) in [4.78, 5) is 0. The fourth-order valence-electron chi connectivity index (χ4n) is 1.29. The van der Waals surface area contributed by atoms with Gasteiger partial charge in [-0.2, -0.15) is 0 Å². The first-order chi connectivity index (χ1) is 6.84. The number of aliphatic hydroxyl groups excluding tert-OH is 1. The minimum absolute atomic E-state index is 0.629. The molecule has 0 aliphatic heterocycles. The van der Waals surface area contributed by atoms with Crippen LogP contribution in [0.4, 0.5) is 0 Å². The second kappa shape index (κ2) is 4.63. The van der Waals surface area contributed by atoms with E-state index in [0.717, 1.165) is 11.8 Å². The summed E-state index contributed by atoms with van der Waals surface area (Å²) in [6.45, 7) is 1.83. The Kier molecular flexibility index (Phi) is 3.92. The topological polar surface area (TPSA) is 54.4 Å². The van der Waals surface area contributed by atoms with E-state index < -0.39 is 20.1 Å². The average Bonchev–Trinajstić information content (AvgIpc) is 2.15. The Morgan fingerprint density at radius 3 is 2.33 bits per heavy atom. The molecule has 84 valence electrons. The number of benzene rings is 1. The van der Waals surface area contributed by atoms with Crippen LogP contribution in [0.1, 0.15) is 17.2 Å². The van der Waals surface area contributed by atoms with Crippen LogP contribution in [0.25, 0.3) is 0 Å². The predicted octanol–water partition coefficient (Wildman–Crippen LogP) is 1.79. The number of aliphatic hydroxyl groups is 1. The van der Waals surface area contributed by atoms with Crippen LogP contribution >= 0.6 is 15.9 Å². The van der Waals surface area contributed by atoms with Crippen molar-refractivity contribution in [3.05, 3.63) is 35.4 Å². The van der Waals surface area contributed by atoms with Crippen LogP contribution in [0.15, 0.2) is 24.3 Å². The Bertz CT molecular complexity index is 442. The standard InChI is InChI=1S/C10H13BrO3S/c1-7-5-3-4-6-8(7)9(12)10(11)15(2,13)14/h3-6,9-10,12H,1-2H3/t9-,10-/m1/s1. The van der Waals surface area contributed by atoms with Gasteiger partial charge >= 0.3 is 0 Å². The molecule has 0 aliphatic rings. The van der Waals surface area contributed by atoms with Crippen molar-refractivity contribution < 1.29 is 13.5 Å². The van der Waals surface area contributed by atoms with E-state index in [4.69, 9.17) is 0 Å². The lowest BCUT2D eigenvalue weighted by molar-refractivity contribution is 0.194. The Hall–Kier alpha value is -0.390. The number of halogens is 1. The molecule has 1 rings (SSSR count). The number of hydrogen-bond acceptors (Lipinski definition) is 3. The molecule has 1 N–H and O–H groups in total. The molecule has 0 aromatic heterocycles. The lowest BCUT2D eigenvalue weighted by Crippen LogP contribution is -2.21. The molecule has 1 aromatic carbocycles. The van der Waals surface area contributed by atoms with Crippen molar-refractivity contribution >= 4 is 25.8 Å². The molecule has 0 saturated heterocycles. The minimum Gasteiger partial charge on any atom is -0.386 e. The molecular formula is C10H13BrO3S. The lowest BCUT2D eigenvalue weighted by atomic mass is 10.1. The van der Waals surface area contributed by atoms with E-state index in [1.165, 1.54) is 0 Å². The van der Waals surface area contributed by atoms with Crippen LogP contribution in [-0.2, 0) is 9.84 Å². The third-order valence-electron chi connectivity index (χ3n) is 2.16. The zero-order chi connectivity index (χ0) is 11.6. The maximum Gasteiger partial charge on any atom is 0.163 e. The number of aryl methyl sites for hydroxylation is 1. The number of sulfone groups is 1. The SMILES string of the molecule is Cc1ccccc1[C@@H](O)[C@H](Br)S(C)(=O)=O. The molecule has 0 fully saturated rings. The van der Waals surface area contributed by atoms with E-state index in [9.17, 15) is 13.5 Å². The van der Waals surface area contributed by atoms with E-state index in [1.807, 2.05) is 19.1 Å². The van der Waals surface area contributed by atoms with E-state index in [0.29, 0.717) is 5.56 Å². The van der Waals surface area contributed by atoms with Gasteiger partial charge in [-0.05, 0) is 18.1 Å².